The third-order valence-electron chi connectivity index (χ3n) is 4.24. The number of hydrogen-bond acceptors (Lipinski definition) is 4. The van der Waals surface area contributed by atoms with E-state index in [1.807, 2.05) is 37.3 Å². The van der Waals surface area contributed by atoms with Gasteiger partial charge in [-0.25, -0.2) is 12.7 Å². The van der Waals surface area contributed by atoms with E-state index in [2.05, 4.69) is 4.99 Å². The summed E-state index contributed by atoms with van der Waals surface area (Å²) in [6.45, 7) is 1.86. The fourth-order valence-corrected chi connectivity index (χ4v) is 3.58. The van der Waals surface area contributed by atoms with Crippen molar-refractivity contribution in [3.63, 3.8) is 0 Å². The van der Waals surface area contributed by atoms with Crippen LogP contribution in [0.5, 0.6) is 5.75 Å². The lowest BCUT2D eigenvalue weighted by Crippen LogP contribution is -2.22. The molecule has 0 atom stereocenters. The van der Waals surface area contributed by atoms with Gasteiger partial charge in [-0.05, 0) is 41.5 Å². The summed E-state index contributed by atoms with van der Waals surface area (Å²) in [6, 6.07) is 16.0. The second-order valence-corrected chi connectivity index (χ2v) is 8.37. The van der Waals surface area contributed by atoms with Crippen molar-refractivity contribution >= 4 is 32.7 Å². The van der Waals surface area contributed by atoms with Crippen LogP contribution in [0.1, 0.15) is 11.1 Å². The number of aryl methyl sites for hydroxylation is 1. The Kier molecular flexibility index (Phi) is 4.80. The lowest BCUT2D eigenvalue weighted by molar-refractivity contribution is 0.475. The second-order valence-electron chi connectivity index (χ2n) is 6.21. The molecule has 0 aromatic heterocycles. The number of aliphatic imine (C=N–C) groups is 1. The van der Waals surface area contributed by atoms with Crippen LogP contribution in [0, 0.1) is 6.92 Å². The second kappa shape index (κ2) is 6.90. The normalized spacial score (nSPS) is 12.3. The van der Waals surface area contributed by atoms with Crippen molar-refractivity contribution in [2.24, 2.45) is 4.99 Å². The van der Waals surface area contributed by atoms with Gasteiger partial charge in [0.25, 0.3) is 0 Å². The maximum absolute atomic E-state index is 12.3. The molecule has 0 unspecified atom stereocenters. The molecule has 134 valence electrons. The monoisotopic (exact) mass is 368 g/mol. The largest absolute Gasteiger partial charge is 0.507 e. The Morgan fingerprint density at radius 2 is 1.77 bits per heavy atom. The fraction of sp³-hybridized carbons (Fsp3) is 0.150. The zero-order chi connectivity index (χ0) is 18.9. The molecular weight excluding hydrogens is 348 g/mol. The summed E-state index contributed by atoms with van der Waals surface area (Å²) < 4.78 is 25.8. The Balaban J connectivity index is 2.09. The molecule has 0 heterocycles. The van der Waals surface area contributed by atoms with Gasteiger partial charge in [0.1, 0.15) is 5.75 Å². The van der Waals surface area contributed by atoms with Gasteiger partial charge in [0.2, 0.25) is 10.0 Å². The van der Waals surface area contributed by atoms with Gasteiger partial charge in [0, 0.05) is 25.9 Å². The molecule has 6 heteroatoms. The Labute approximate surface area is 153 Å². The molecule has 0 aliphatic heterocycles. The highest BCUT2D eigenvalue weighted by molar-refractivity contribution is 7.89. The van der Waals surface area contributed by atoms with Crippen molar-refractivity contribution in [3.8, 4) is 5.75 Å². The van der Waals surface area contributed by atoms with Crippen LogP contribution in [0.25, 0.3) is 10.8 Å². The summed E-state index contributed by atoms with van der Waals surface area (Å²) >= 11 is 0. The van der Waals surface area contributed by atoms with Crippen LogP contribution >= 0.6 is 0 Å². The molecule has 5 nitrogen and oxygen atoms in total. The van der Waals surface area contributed by atoms with Crippen LogP contribution in [-0.2, 0) is 10.0 Å². The molecule has 0 spiro atoms. The van der Waals surface area contributed by atoms with Gasteiger partial charge in [-0.3, -0.25) is 4.99 Å². The molecule has 0 radical (unpaired) electrons. The van der Waals surface area contributed by atoms with Gasteiger partial charge in [0.05, 0.1) is 10.6 Å². The van der Waals surface area contributed by atoms with E-state index in [4.69, 9.17) is 0 Å². The predicted molar refractivity (Wildman–Crippen MR) is 105 cm³/mol. The molecular formula is C20H20N2O3S. The SMILES string of the molecule is Cc1ccc(S(=O)(=O)N(C)C)cc1N=Cc1c(O)ccc2ccccc12. The number of nitrogens with zero attached hydrogens (tertiary/aromatic N) is 2. The minimum Gasteiger partial charge on any atom is -0.507 e. The van der Waals surface area contributed by atoms with E-state index in [1.54, 1.807) is 30.5 Å². The van der Waals surface area contributed by atoms with Crippen LogP contribution in [0.15, 0.2) is 64.5 Å². The van der Waals surface area contributed by atoms with Crippen LogP contribution < -0.4 is 0 Å². The minimum absolute atomic E-state index is 0.127. The average molecular weight is 368 g/mol. The van der Waals surface area contributed by atoms with Crippen LogP contribution in [-0.4, -0.2) is 38.1 Å². The Bertz CT molecular complexity index is 1100. The maximum atomic E-state index is 12.3. The van der Waals surface area contributed by atoms with Gasteiger partial charge in [-0.1, -0.05) is 36.4 Å². The first-order chi connectivity index (χ1) is 12.3. The lowest BCUT2D eigenvalue weighted by Gasteiger charge is -2.12. The molecule has 0 bridgehead atoms. The molecule has 0 saturated heterocycles. The van der Waals surface area contributed by atoms with Gasteiger partial charge in [-0.2, -0.15) is 0 Å². The summed E-state index contributed by atoms with van der Waals surface area (Å²) in [5.41, 5.74) is 1.99. The van der Waals surface area contributed by atoms with E-state index >= 15 is 0 Å². The summed E-state index contributed by atoms with van der Waals surface area (Å²) in [6.07, 6.45) is 1.58. The van der Waals surface area contributed by atoms with Crippen molar-refractivity contribution < 1.29 is 13.5 Å². The van der Waals surface area contributed by atoms with Gasteiger partial charge in [-0.15, -0.1) is 0 Å². The zero-order valence-electron chi connectivity index (χ0n) is 14.8. The van der Waals surface area contributed by atoms with E-state index < -0.39 is 10.0 Å². The molecule has 0 saturated carbocycles. The summed E-state index contributed by atoms with van der Waals surface area (Å²) in [7, 11) is -0.547. The third-order valence-corrected chi connectivity index (χ3v) is 6.05. The zero-order valence-corrected chi connectivity index (χ0v) is 15.7. The number of sulfonamides is 1. The van der Waals surface area contributed by atoms with Crippen molar-refractivity contribution in [3.05, 3.63) is 65.7 Å². The molecule has 26 heavy (non-hydrogen) atoms. The van der Waals surface area contributed by atoms with E-state index in [1.165, 1.54) is 18.4 Å². The number of phenolic OH excluding ortho intramolecular Hbond substituents is 1. The lowest BCUT2D eigenvalue weighted by atomic mass is 10.0. The number of hydrogen-bond donors (Lipinski definition) is 1. The molecule has 3 aromatic carbocycles. The smallest absolute Gasteiger partial charge is 0.242 e. The summed E-state index contributed by atoms with van der Waals surface area (Å²) in [4.78, 5) is 4.64. The highest BCUT2D eigenvalue weighted by atomic mass is 32.2. The Morgan fingerprint density at radius 3 is 2.50 bits per heavy atom. The molecule has 3 aromatic rings. The standard InChI is InChI=1S/C20H20N2O3S/c1-14-8-10-16(26(24,25)22(2)3)12-19(14)21-13-18-17-7-5-4-6-15(17)9-11-20(18)23/h4-13,23H,1-3H3. The van der Waals surface area contributed by atoms with Crippen molar-refractivity contribution in [1.82, 2.24) is 4.31 Å². The van der Waals surface area contributed by atoms with Gasteiger partial charge >= 0.3 is 0 Å². The first kappa shape index (κ1) is 18.1. The number of rotatable bonds is 4. The highest BCUT2D eigenvalue weighted by Gasteiger charge is 2.18. The molecule has 0 aliphatic carbocycles. The molecule has 0 amide bonds. The molecule has 1 N–H and O–H groups in total. The minimum atomic E-state index is -3.53. The third kappa shape index (κ3) is 3.34. The number of fused-ring (bicyclic) bond motifs is 1. The predicted octanol–water partition coefficient (Wildman–Crippen LogP) is 3.85. The molecule has 0 fully saturated rings. The van der Waals surface area contributed by atoms with E-state index in [9.17, 15) is 13.5 Å². The summed E-state index contributed by atoms with van der Waals surface area (Å²) in [5, 5.41) is 12.1. The number of benzene rings is 3. The number of phenols is 1. The van der Waals surface area contributed by atoms with Crippen LogP contribution in [0.3, 0.4) is 0 Å². The Morgan fingerprint density at radius 1 is 1.04 bits per heavy atom. The van der Waals surface area contributed by atoms with Crippen molar-refractivity contribution in [2.75, 3.05) is 14.1 Å². The van der Waals surface area contributed by atoms with Gasteiger partial charge in [0.15, 0.2) is 0 Å². The first-order valence-corrected chi connectivity index (χ1v) is 9.52. The topological polar surface area (TPSA) is 70.0 Å². The molecule has 3 rings (SSSR count). The maximum Gasteiger partial charge on any atom is 0.242 e. The van der Waals surface area contributed by atoms with Crippen molar-refractivity contribution in [1.29, 1.82) is 0 Å². The van der Waals surface area contributed by atoms with Crippen LogP contribution in [0.4, 0.5) is 5.69 Å². The van der Waals surface area contributed by atoms with Crippen LogP contribution in [0.2, 0.25) is 0 Å². The molecule has 0 aliphatic rings. The summed E-state index contributed by atoms with van der Waals surface area (Å²) in [5.74, 6) is 0.127. The fourth-order valence-electron chi connectivity index (χ4n) is 2.65. The van der Waals surface area contributed by atoms with Gasteiger partial charge < -0.3 is 5.11 Å². The highest BCUT2D eigenvalue weighted by Crippen LogP contribution is 2.28. The van der Waals surface area contributed by atoms with E-state index in [0.29, 0.717) is 11.3 Å². The van der Waals surface area contributed by atoms with E-state index in [-0.39, 0.29) is 10.6 Å². The van der Waals surface area contributed by atoms with Crippen molar-refractivity contribution in [2.45, 2.75) is 11.8 Å². The average Bonchev–Trinajstić information content (AvgIpc) is 2.61. The van der Waals surface area contributed by atoms with E-state index in [0.717, 1.165) is 16.3 Å². The Hall–Kier alpha value is -2.70. The quantitative estimate of drug-likeness (QED) is 0.711. The first-order valence-electron chi connectivity index (χ1n) is 8.08. The number of aromatic hydroxyl groups is 1.